The second-order valence-corrected chi connectivity index (χ2v) is 13.3. The Morgan fingerprint density at radius 3 is 2.12 bits per heavy atom. The molecule has 2 amide bonds. The summed E-state index contributed by atoms with van der Waals surface area (Å²) in [5.41, 5.74) is 1.66. The first kappa shape index (κ1) is 32.5. The number of anilines is 1. The highest BCUT2D eigenvalue weighted by Crippen LogP contribution is 2.33. The molecule has 0 aliphatic carbocycles. The lowest BCUT2D eigenvalue weighted by Crippen LogP contribution is -2.53. The molecule has 0 aliphatic heterocycles. The van der Waals surface area contributed by atoms with Gasteiger partial charge in [-0.2, -0.15) is 0 Å². The number of carbonyl (C=O) groups is 2. The number of amides is 2. The second-order valence-electron chi connectivity index (χ2n) is 9.67. The maximum absolute atomic E-state index is 14.4. The number of benzene rings is 4. The van der Waals surface area contributed by atoms with Crippen LogP contribution < -0.4 is 9.62 Å². The first-order valence-corrected chi connectivity index (χ1v) is 16.5. The minimum atomic E-state index is -4.28. The van der Waals surface area contributed by atoms with Gasteiger partial charge >= 0.3 is 0 Å². The molecule has 0 fully saturated rings. The lowest BCUT2D eigenvalue weighted by atomic mass is 10.0. The lowest BCUT2D eigenvalue weighted by Gasteiger charge is -2.34. The van der Waals surface area contributed by atoms with Crippen LogP contribution in [0.5, 0.6) is 0 Å². The van der Waals surface area contributed by atoms with Gasteiger partial charge in [-0.15, -0.1) is 0 Å². The Hall–Kier alpha value is -3.37. The van der Waals surface area contributed by atoms with Gasteiger partial charge < -0.3 is 10.2 Å². The van der Waals surface area contributed by atoms with E-state index in [2.05, 4.69) is 21.2 Å². The van der Waals surface area contributed by atoms with Gasteiger partial charge in [0, 0.05) is 29.0 Å². The van der Waals surface area contributed by atoms with E-state index < -0.39 is 28.5 Å². The summed E-state index contributed by atoms with van der Waals surface area (Å²) in [4.78, 5) is 29.3. The molecule has 0 saturated carbocycles. The molecule has 0 heterocycles. The van der Waals surface area contributed by atoms with E-state index in [1.54, 1.807) is 25.1 Å². The van der Waals surface area contributed by atoms with Crippen LogP contribution in [-0.4, -0.2) is 44.3 Å². The number of hydrogen-bond acceptors (Lipinski definition) is 4. The third-order valence-electron chi connectivity index (χ3n) is 6.68. The SMILES string of the molecule is CCNC(=O)[C@H](Cc1ccccc1)N(Cc1ccc(Br)cc1)C(=O)CN(c1cc(Cl)ccc1Cl)S(=O)(=O)c1ccccc1. The summed E-state index contributed by atoms with van der Waals surface area (Å²) in [6.07, 6.45) is 0.221. The molecular weight excluding hydrogens is 673 g/mol. The van der Waals surface area contributed by atoms with Crippen LogP contribution in [0.2, 0.25) is 10.0 Å². The third kappa shape index (κ3) is 8.38. The number of carbonyl (C=O) groups excluding carboxylic acids is 2. The van der Waals surface area contributed by atoms with E-state index >= 15 is 0 Å². The van der Waals surface area contributed by atoms with Crippen molar-refractivity contribution in [1.82, 2.24) is 10.2 Å². The van der Waals surface area contributed by atoms with Crippen molar-refractivity contribution >= 4 is 66.7 Å². The highest BCUT2D eigenvalue weighted by Gasteiger charge is 2.35. The van der Waals surface area contributed by atoms with Crippen molar-refractivity contribution in [3.8, 4) is 0 Å². The Morgan fingerprint density at radius 2 is 1.49 bits per heavy atom. The number of nitrogens with one attached hydrogen (secondary N) is 1. The Labute approximate surface area is 270 Å². The Bertz CT molecular complexity index is 1660. The summed E-state index contributed by atoms with van der Waals surface area (Å²) < 4.78 is 29.8. The second kappa shape index (κ2) is 14.9. The number of likely N-dealkylation sites (N-methyl/N-ethyl adjacent to an activating group) is 1. The Morgan fingerprint density at radius 1 is 0.860 bits per heavy atom. The van der Waals surface area contributed by atoms with Gasteiger partial charge in [0.15, 0.2) is 0 Å². The first-order chi connectivity index (χ1) is 20.6. The van der Waals surface area contributed by atoms with E-state index in [4.69, 9.17) is 23.2 Å². The van der Waals surface area contributed by atoms with E-state index in [1.165, 1.54) is 35.2 Å². The summed E-state index contributed by atoms with van der Waals surface area (Å²) in [7, 11) is -4.28. The number of nitrogens with zero attached hydrogens (tertiary/aromatic N) is 2. The van der Waals surface area contributed by atoms with Gasteiger partial charge in [0.05, 0.1) is 15.6 Å². The van der Waals surface area contributed by atoms with Crippen molar-refractivity contribution in [3.63, 3.8) is 0 Å². The van der Waals surface area contributed by atoms with Gasteiger partial charge in [0.2, 0.25) is 11.8 Å². The molecule has 11 heteroatoms. The number of sulfonamides is 1. The van der Waals surface area contributed by atoms with Gasteiger partial charge in [0.25, 0.3) is 10.0 Å². The molecule has 0 unspecified atom stereocenters. The molecule has 1 atom stereocenters. The summed E-state index contributed by atoms with van der Waals surface area (Å²) in [5.74, 6) is -0.944. The summed E-state index contributed by atoms with van der Waals surface area (Å²) >= 11 is 16.2. The molecule has 0 spiro atoms. The fraction of sp³-hybridized carbons (Fsp3) is 0.188. The van der Waals surface area contributed by atoms with Crippen LogP contribution in [0.3, 0.4) is 0 Å². The maximum Gasteiger partial charge on any atom is 0.264 e. The number of rotatable bonds is 12. The summed E-state index contributed by atoms with van der Waals surface area (Å²) in [6.45, 7) is 1.59. The average molecular weight is 703 g/mol. The summed E-state index contributed by atoms with van der Waals surface area (Å²) in [5, 5.41) is 3.19. The van der Waals surface area contributed by atoms with Crippen LogP contribution >= 0.6 is 39.1 Å². The van der Waals surface area contributed by atoms with Gasteiger partial charge in [-0.1, -0.05) is 99.8 Å². The lowest BCUT2D eigenvalue weighted by molar-refractivity contribution is -0.140. The molecular formula is C32H30BrCl2N3O4S. The minimum absolute atomic E-state index is 0.0251. The highest BCUT2D eigenvalue weighted by atomic mass is 79.9. The van der Waals surface area contributed by atoms with Crippen LogP contribution in [0.15, 0.2) is 112 Å². The van der Waals surface area contributed by atoms with Crippen molar-refractivity contribution in [2.45, 2.75) is 30.8 Å². The first-order valence-electron chi connectivity index (χ1n) is 13.5. The molecule has 0 radical (unpaired) electrons. The molecule has 7 nitrogen and oxygen atoms in total. The number of hydrogen-bond donors (Lipinski definition) is 1. The Kier molecular flexibility index (Phi) is 11.3. The molecule has 0 bridgehead atoms. The monoisotopic (exact) mass is 701 g/mol. The van der Waals surface area contributed by atoms with Crippen molar-refractivity contribution in [2.75, 3.05) is 17.4 Å². The van der Waals surface area contributed by atoms with E-state index in [-0.39, 0.29) is 39.5 Å². The van der Waals surface area contributed by atoms with Gasteiger partial charge in [-0.3, -0.25) is 13.9 Å². The zero-order valence-electron chi connectivity index (χ0n) is 23.3. The van der Waals surface area contributed by atoms with Crippen molar-refractivity contribution < 1.29 is 18.0 Å². The smallest absolute Gasteiger partial charge is 0.264 e. The summed E-state index contributed by atoms with van der Waals surface area (Å²) in [6, 6.07) is 28.0. The zero-order chi connectivity index (χ0) is 31.0. The van der Waals surface area contributed by atoms with Crippen LogP contribution in [0, 0.1) is 0 Å². The predicted molar refractivity (Wildman–Crippen MR) is 175 cm³/mol. The quantitative estimate of drug-likeness (QED) is 0.178. The normalized spacial score (nSPS) is 11.9. The molecule has 0 aromatic heterocycles. The van der Waals surface area contributed by atoms with E-state index in [1.807, 2.05) is 54.6 Å². The largest absolute Gasteiger partial charge is 0.355 e. The van der Waals surface area contributed by atoms with Crippen molar-refractivity contribution in [2.24, 2.45) is 0 Å². The van der Waals surface area contributed by atoms with Gasteiger partial charge in [0.1, 0.15) is 12.6 Å². The third-order valence-corrected chi connectivity index (χ3v) is 9.53. The maximum atomic E-state index is 14.4. The van der Waals surface area contributed by atoms with Crippen molar-refractivity contribution in [3.05, 3.63) is 129 Å². The molecule has 43 heavy (non-hydrogen) atoms. The molecule has 4 aromatic carbocycles. The molecule has 0 aliphatic rings. The number of halogens is 3. The molecule has 224 valence electrons. The fourth-order valence-corrected chi connectivity index (χ4v) is 6.69. The molecule has 1 N–H and O–H groups in total. The average Bonchev–Trinajstić information content (AvgIpc) is 3.01. The zero-order valence-corrected chi connectivity index (χ0v) is 27.2. The Balaban J connectivity index is 1.81. The predicted octanol–water partition coefficient (Wildman–Crippen LogP) is 6.73. The van der Waals surface area contributed by atoms with Crippen LogP contribution in [-0.2, 0) is 32.6 Å². The van der Waals surface area contributed by atoms with E-state index in [0.717, 1.165) is 19.9 Å². The van der Waals surface area contributed by atoms with Gasteiger partial charge in [-0.25, -0.2) is 8.42 Å². The molecule has 4 rings (SSSR count). The van der Waals surface area contributed by atoms with Crippen molar-refractivity contribution in [1.29, 1.82) is 0 Å². The molecule has 0 saturated heterocycles. The van der Waals surface area contributed by atoms with E-state index in [9.17, 15) is 18.0 Å². The minimum Gasteiger partial charge on any atom is -0.355 e. The van der Waals surface area contributed by atoms with E-state index in [0.29, 0.717) is 6.54 Å². The molecule has 4 aromatic rings. The van der Waals surface area contributed by atoms with Crippen LogP contribution in [0.25, 0.3) is 0 Å². The standard InChI is InChI=1S/C32H30BrCl2N3O4S/c1-2-36-32(40)30(19-23-9-5-3-6-10-23)37(21-24-13-15-25(33)16-14-24)31(39)22-38(29-20-26(34)17-18-28(29)35)43(41,42)27-11-7-4-8-12-27/h3-18,20,30H,2,19,21-22H2,1H3,(H,36,40)/t30-/m0/s1. The highest BCUT2D eigenvalue weighted by molar-refractivity contribution is 9.10. The fourth-order valence-electron chi connectivity index (χ4n) is 4.54. The topological polar surface area (TPSA) is 86.8 Å². The van der Waals surface area contributed by atoms with Crippen LogP contribution in [0.1, 0.15) is 18.1 Å². The van der Waals surface area contributed by atoms with Gasteiger partial charge in [-0.05, 0) is 60.5 Å². The van der Waals surface area contributed by atoms with Crippen LogP contribution in [0.4, 0.5) is 5.69 Å².